The minimum absolute atomic E-state index is 0.225. The molecule has 0 saturated carbocycles. The van der Waals surface area contributed by atoms with Gasteiger partial charge in [-0.3, -0.25) is 19.5 Å². The van der Waals surface area contributed by atoms with E-state index in [1.54, 1.807) is 19.2 Å². The van der Waals surface area contributed by atoms with Crippen LogP contribution < -0.4 is 4.90 Å². The molecule has 7 nitrogen and oxygen atoms in total. The Kier molecular flexibility index (Phi) is 3.94. The van der Waals surface area contributed by atoms with Gasteiger partial charge < -0.3 is 4.90 Å². The van der Waals surface area contributed by atoms with Gasteiger partial charge in [-0.1, -0.05) is 6.92 Å². The van der Waals surface area contributed by atoms with Crippen molar-refractivity contribution >= 4 is 23.6 Å². The van der Waals surface area contributed by atoms with E-state index in [9.17, 15) is 14.0 Å². The highest BCUT2D eigenvalue weighted by Crippen LogP contribution is 2.39. The zero-order valence-electron chi connectivity index (χ0n) is 15.8. The zero-order valence-corrected chi connectivity index (χ0v) is 15.8. The van der Waals surface area contributed by atoms with Gasteiger partial charge >= 0.3 is 6.03 Å². The van der Waals surface area contributed by atoms with Crippen LogP contribution in [0.5, 0.6) is 0 Å². The first-order valence-corrected chi connectivity index (χ1v) is 9.05. The number of aliphatic imine (C=N–C) groups is 1. The van der Waals surface area contributed by atoms with Gasteiger partial charge in [-0.15, -0.1) is 0 Å². The summed E-state index contributed by atoms with van der Waals surface area (Å²) in [5.41, 5.74) is 2.59. The molecule has 27 heavy (non-hydrogen) atoms. The molecule has 3 aliphatic rings. The third kappa shape index (κ3) is 2.35. The van der Waals surface area contributed by atoms with Crippen molar-refractivity contribution in [1.82, 2.24) is 14.7 Å². The van der Waals surface area contributed by atoms with E-state index in [0.717, 1.165) is 17.1 Å². The van der Waals surface area contributed by atoms with E-state index < -0.39 is 12.2 Å². The van der Waals surface area contributed by atoms with Crippen molar-refractivity contribution in [2.45, 2.75) is 39.4 Å². The fraction of sp³-hybridized carbons (Fsp3) is 0.421. The maximum Gasteiger partial charge on any atom is 0.328 e. The number of hydrogen-bond donors (Lipinski definition) is 0. The number of halogens is 1. The van der Waals surface area contributed by atoms with Crippen LogP contribution in [0.25, 0.3) is 0 Å². The third-order valence-electron chi connectivity index (χ3n) is 5.42. The Labute approximate surface area is 157 Å². The molecular weight excluding hydrogens is 349 g/mol. The quantitative estimate of drug-likeness (QED) is 0.819. The maximum absolute atomic E-state index is 13.4. The second kappa shape index (κ2) is 6.07. The number of guanidine groups is 1. The molecule has 1 aromatic carbocycles. The number of rotatable bonds is 3. The van der Waals surface area contributed by atoms with E-state index >= 15 is 0 Å². The Balaban J connectivity index is 1.77. The molecule has 1 saturated heterocycles. The number of fused-ring (bicyclic) bond motifs is 3. The second-order valence-corrected chi connectivity index (χ2v) is 7.02. The Morgan fingerprint density at radius 1 is 1.11 bits per heavy atom. The third-order valence-corrected chi connectivity index (χ3v) is 5.42. The van der Waals surface area contributed by atoms with E-state index in [2.05, 4.69) is 0 Å². The summed E-state index contributed by atoms with van der Waals surface area (Å²) >= 11 is 0. The first kappa shape index (κ1) is 17.5. The molecule has 3 amide bonds. The van der Waals surface area contributed by atoms with Crippen molar-refractivity contribution < 1.29 is 14.0 Å². The average Bonchev–Trinajstić information content (AvgIpc) is 3.14. The van der Waals surface area contributed by atoms with Gasteiger partial charge in [-0.05, 0) is 44.5 Å². The molecule has 2 atom stereocenters. The summed E-state index contributed by atoms with van der Waals surface area (Å²) in [7, 11) is 1.68. The first-order valence-electron chi connectivity index (χ1n) is 9.05. The molecule has 1 fully saturated rings. The Bertz CT molecular complexity index is 879. The molecule has 0 aromatic heterocycles. The van der Waals surface area contributed by atoms with Crippen LogP contribution >= 0.6 is 0 Å². The number of anilines is 1. The lowest BCUT2D eigenvalue weighted by Crippen LogP contribution is -2.64. The molecule has 4 rings (SSSR count). The summed E-state index contributed by atoms with van der Waals surface area (Å²) in [4.78, 5) is 37.1. The van der Waals surface area contributed by atoms with Gasteiger partial charge in [0.1, 0.15) is 5.82 Å². The lowest BCUT2D eigenvalue weighted by Gasteiger charge is -2.40. The van der Waals surface area contributed by atoms with Gasteiger partial charge in [0.2, 0.25) is 5.96 Å². The molecule has 0 radical (unpaired) electrons. The lowest BCUT2D eigenvalue weighted by atomic mass is 10.1. The van der Waals surface area contributed by atoms with Crippen LogP contribution in [0, 0.1) is 5.82 Å². The number of hydrogen-bond acceptors (Lipinski definition) is 5. The molecule has 0 spiro atoms. The van der Waals surface area contributed by atoms with Crippen LogP contribution in [-0.4, -0.2) is 58.4 Å². The fourth-order valence-corrected chi connectivity index (χ4v) is 3.94. The highest BCUT2D eigenvalue weighted by atomic mass is 19.1. The molecule has 142 valence electrons. The minimum Gasteiger partial charge on any atom is -0.302 e. The van der Waals surface area contributed by atoms with E-state index in [1.165, 1.54) is 21.9 Å². The highest BCUT2D eigenvalue weighted by molar-refractivity contribution is 6.10. The molecule has 8 heteroatoms. The fourth-order valence-electron chi connectivity index (χ4n) is 3.94. The largest absolute Gasteiger partial charge is 0.328 e. The van der Waals surface area contributed by atoms with E-state index in [1.807, 2.05) is 30.6 Å². The van der Waals surface area contributed by atoms with Crippen LogP contribution in [0.15, 0.2) is 40.7 Å². The molecule has 3 heterocycles. The number of benzene rings is 1. The van der Waals surface area contributed by atoms with Crippen molar-refractivity contribution in [1.29, 1.82) is 0 Å². The summed E-state index contributed by atoms with van der Waals surface area (Å²) < 4.78 is 13.4. The zero-order chi connectivity index (χ0) is 19.5. The average molecular weight is 371 g/mol. The number of allylic oxidation sites excluding steroid dienone is 2. The lowest BCUT2D eigenvalue weighted by molar-refractivity contribution is -0.136. The number of amides is 3. The minimum atomic E-state index is -0.574. The van der Waals surface area contributed by atoms with Crippen LogP contribution in [0.1, 0.15) is 27.2 Å². The molecule has 0 bridgehead atoms. The van der Waals surface area contributed by atoms with Gasteiger partial charge in [0.05, 0.1) is 0 Å². The Morgan fingerprint density at radius 3 is 2.41 bits per heavy atom. The normalized spacial score (nSPS) is 24.7. The number of nitrogens with zero attached hydrogens (tertiary/aromatic N) is 5. The summed E-state index contributed by atoms with van der Waals surface area (Å²) in [6.45, 7) is 6.20. The van der Waals surface area contributed by atoms with Gasteiger partial charge in [0, 0.05) is 30.7 Å². The molecule has 2 unspecified atom stereocenters. The van der Waals surface area contributed by atoms with Crippen LogP contribution in [0.4, 0.5) is 14.9 Å². The Morgan fingerprint density at radius 2 is 1.78 bits per heavy atom. The second-order valence-electron chi connectivity index (χ2n) is 7.02. The monoisotopic (exact) mass is 371 g/mol. The summed E-state index contributed by atoms with van der Waals surface area (Å²) in [5.74, 6) is 0.0562. The molecule has 1 aromatic rings. The van der Waals surface area contributed by atoms with Crippen LogP contribution in [0.3, 0.4) is 0 Å². The smallest absolute Gasteiger partial charge is 0.302 e. The highest BCUT2D eigenvalue weighted by Gasteiger charge is 2.55. The van der Waals surface area contributed by atoms with E-state index in [-0.39, 0.29) is 17.8 Å². The van der Waals surface area contributed by atoms with Crippen LogP contribution in [0.2, 0.25) is 0 Å². The van der Waals surface area contributed by atoms with Crippen molar-refractivity contribution in [3.05, 3.63) is 41.5 Å². The molecule has 3 aliphatic heterocycles. The molecule has 0 N–H and O–H groups in total. The SMILES string of the molecule is CCCN1C(=O)C2C(N=C3N(c4ccc(F)cc4)C(C)=C(C)N32)N(C)C1=O. The maximum atomic E-state index is 13.4. The number of carbonyl (C=O) groups excluding carboxylic acids is 2. The van der Waals surface area contributed by atoms with Gasteiger partial charge in [0.15, 0.2) is 12.2 Å². The Hall–Kier alpha value is -2.90. The van der Waals surface area contributed by atoms with Crippen molar-refractivity contribution in [3.63, 3.8) is 0 Å². The van der Waals surface area contributed by atoms with Crippen molar-refractivity contribution in [2.75, 3.05) is 18.5 Å². The standard InChI is InChI=1S/C19H22FN5O2/c1-5-10-23-17(26)15-16(22(4)19(23)27)21-18-24(11(2)12(3)25(15)18)14-8-6-13(20)7-9-14/h6-9,15-16H,5,10H2,1-4H3. The number of likely N-dealkylation sites (N-methyl/N-ethyl adjacent to an activating group) is 1. The predicted molar refractivity (Wildman–Crippen MR) is 99.3 cm³/mol. The molecule has 0 aliphatic carbocycles. The topological polar surface area (TPSA) is 59.5 Å². The van der Waals surface area contributed by atoms with Gasteiger partial charge in [-0.2, -0.15) is 0 Å². The van der Waals surface area contributed by atoms with Crippen molar-refractivity contribution in [2.24, 2.45) is 4.99 Å². The van der Waals surface area contributed by atoms with Gasteiger partial charge in [0.25, 0.3) is 5.91 Å². The van der Waals surface area contributed by atoms with E-state index in [0.29, 0.717) is 18.9 Å². The molecular formula is C19H22FN5O2. The number of carbonyl (C=O) groups is 2. The summed E-state index contributed by atoms with van der Waals surface area (Å²) in [5, 5.41) is 0. The summed E-state index contributed by atoms with van der Waals surface area (Å²) in [6, 6.07) is 5.26. The first-order chi connectivity index (χ1) is 12.9. The van der Waals surface area contributed by atoms with E-state index in [4.69, 9.17) is 4.99 Å². The van der Waals surface area contributed by atoms with Crippen molar-refractivity contribution in [3.8, 4) is 0 Å². The number of imide groups is 1. The predicted octanol–water partition coefficient (Wildman–Crippen LogP) is 2.57. The summed E-state index contributed by atoms with van der Waals surface area (Å²) in [6.07, 6.45) is 0.130. The van der Waals surface area contributed by atoms with Crippen LogP contribution in [-0.2, 0) is 4.79 Å². The van der Waals surface area contributed by atoms with Gasteiger partial charge in [-0.25, -0.2) is 14.2 Å². The number of urea groups is 1.